The van der Waals surface area contributed by atoms with Crippen LogP contribution in [-0.2, 0) is 24.3 Å². The van der Waals surface area contributed by atoms with Gasteiger partial charge in [-0.05, 0) is 24.3 Å². The number of methoxy groups -OCH3 is 1. The number of hydrogen-bond acceptors (Lipinski definition) is 5. The molecule has 1 aliphatic heterocycles. The number of benzene rings is 1. The third-order valence-electron chi connectivity index (χ3n) is 2.97. The van der Waals surface area contributed by atoms with Gasteiger partial charge in [-0.2, -0.15) is 4.31 Å². The van der Waals surface area contributed by atoms with Crippen molar-refractivity contribution >= 4 is 27.6 Å². The van der Waals surface area contributed by atoms with Gasteiger partial charge in [0.25, 0.3) is 0 Å². The van der Waals surface area contributed by atoms with Gasteiger partial charge in [-0.1, -0.05) is 11.6 Å². The second-order valence-electron chi connectivity index (χ2n) is 4.18. The Bertz CT molecular complexity index is 586. The first-order valence-electron chi connectivity index (χ1n) is 5.90. The third kappa shape index (κ3) is 2.95. The van der Waals surface area contributed by atoms with Crippen LogP contribution in [0.25, 0.3) is 0 Å². The van der Waals surface area contributed by atoms with Gasteiger partial charge in [-0.15, -0.1) is 0 Å². The first kappa shape index (κ1) is 15.2. The molecule has 1 saturated heterocycles. The summed E-state index contributed by atoms with van der Waals surface area (Å²) < 4.78 is 36.0. The van der Waals surface area contributed by atoms with Crippen LogP contribution in [0.3, 0.4) is 0 Å². The van der Waals surface area contributed by atoms with E-state index in [0.717, 1.165) is 4.31 Å². The van der Waals surface area contributed by atoms with E-state index in [-0.39, 0.29) is 24.7 Å². The Balaban J connectivity index is 2.35. The van der Waals surface area contributed by atoms with Gasteiger partial charge in [0.05, 0.1) is 25.2 Å². The van der Waals surface area contributed by atoms with Crippen LogP contribution in [0, 0.1) is 0 Å². The van der Waals surface area contributed by atoms with E-state index in [1.54, 1.807) is 0 Å². The molecule has 0 spiro atoms. The molecule has 0 aromatic heterocycles. The fourth-order valence-electron chi connectivity index (χ4n) is 1.94. The zero-order valence-electron chi connectivity index (χ0n) is 10.8. The van der Waals surface area contributed by atoms with Gasteiger partial charge in [0.1, 0.15) is 6.04 Å². The zero-order valence-corrected chi connectivity index (χ0v) is 12.4. The summed E-state index contributed by atoms with van der Waals surface area (Å²) >= 11 is 5.75. The average Bonchev–Trinajstić information content (AvgIpc) is 2.47. The van der Waals surface area contributed by atoms with E-state index < -0.39 is 22.0 Å². The van der Waals surface area contributed by atoms with Crippen LogP contribution in [0.5, 0.6) is 0 Å². The highest BCUT2D eigenvalue weighted by molar-refractivity contribution is 7.89. The second kappa shape index (κ2) is 6.09. The first-order chi connectivity index (χ1) is 9.46. The molecule has 0 radical (unpaired) electrons. The number of nitrogens with zero attached hydrogens (tertiary/aromatic N) is 1. The maximum absolute atomic E-state index is 12.5. The van der Waals surface area contributed by atoms with E-state index in [2.05, 4.69) is 4.74 Å². The molecular formula is C12H14ClNO5S. The predicted octanol–water partition coefficient (Wildman–Crippen LogP) is 0.903. The highest BCUT2D eigenvalue weighted by Gasteiger charge is 2.38. The lowest BCUT2D eigenvalue weighted by molar-refractivity contribution is -0.149. The Morgan fingerprint density at radius 1 is 1.40 bits per heavy atom. The summed E-state index contributed by atoms with van der Waals surface area (Å²) in [5.41, 5.74) is 0. The van der Waals surface area contributed by atoms with E-state index >= 15 is 0 Å². The van der Waals surface area contributed by atoms with Crippen molar-refractivity contribution in [1.82, 2.24) is 4.31 Å². The normalized spacial score (nSPS) is 20.6. The van der Waals surface area contributed by atoms with Crippen LogP contribution in [0.4, 0.5) is 0 Å². The van der Waals surface area contributed by atoms with E-state index in [0.29, 0.717) is 5.02 Å². The lowest BCUT2D eigenvalue weighted by atomic mass is 10.3. The van der Waals surface area contributed by atoms with Crippen molar-refractivity contribution in [3.8, 4) is 0 Å². The van der Waals surface area contributed by atoms with Crippen LogP contribution < -0.4 is 0 Å². The Labute approximate surface area is 122 Å². The third-order valence-corrected chi connectivity index (χ3v) is 5.15. The van der Waals surface area contributed by atoms with Crippen molar-refractivity contribution in [1.29, 1.82) is 0 Å². The summed E-state index contributed by atoms with van der Waals surface area (Å²) in [6, 6.07) is 4.82. The molecule has 1 atom stereocenters. The lowest BCUT2D eigenvalue weighted by Crippen LogP contribution is -2.52. The van der Waals surface area contributed by atoms with Crippen molar-refractivity contribution in [3.63, 3.8) is 0 Å². The molecule has 20 heavy (non-hydrogen) atoms. The average molecular weight is 320 g/mol. The molecule has 2 rings (SSSR count). The minimum absolute atomic E-state index is 0.0144. The summed E-state index contributed by atoms with van der Waals surface area (Å²) in [7, 11) is -2.58. The summed E-state index contributed by atoms with van der Waals surface area (Å²) in [6.07, 6.45) is 0. The Kier molecular flexibility index (Phi) is 4.64. The fraction of sp³-hybridized carbons (Fsp3) is 0.417. The Hall–Kier alpha value is -1.15. The minimum atomic E-state index is -3.79. The number of halogens is 1. The summed E-state index contributed by atoms with van der Waals surface area (Å²) in [6.45, 7) is 0.324. The molecule has 1 aromatic rings. The highest BCUT2D eigenvalue weighted by Crippen LogP contribution is 2.22. The molecule has 1 aliphatic rings. The van der Waals surface area contributed by atoms with Crippen LogP contribution in [0.2, 0.25) is 5.02 Å². The van der Waals surface area contributed by atoms with Gasteiger partial charge in [-0.3, -0.25) is 4.79 Å². The molecule has 1 aromatic carbocycles. The molecule has 6 nitrogen and oxygen atoms in total. The van der Waals surface area contributed by atoms with Crippen molar-refractivity contribution in [2.45, 2.75) is 10.9 Å². The van der Waals surface area contributed by atoms with Crippen molar-refractivity contribution in [3.05, 3.63) is 29.3 Å². The van der Waals surface area contributed by atoms with Gasteiger partial charge in [-0.25, -0.2) is 8.42 Å². The zero-order chi connectivity index (χ0) is 14.8. The molecule has 1 heterocycles. The maximum atomic E-state index is 12.5. The Morgan fingerprint density at radius 3 is 2.65 bits per heavy atom. The monoisotopic (exact) mass is 319 g/mol. The van der Waals surface area contributed by atoms with Crippen LogP contribution >= 0.6 is 11.6 Å². The van der Waals surface area contributed by atoms with Crippen LogP contribution in [0.15, 0.2) is 29.2 Å². The topological polar surface area (TPSA) is 72.9 Å². The number of esters is 1. The van der Waals surface area contributed by atoms with Gasteiger partial charge in [0.2, 0.25) is 10.0 Å². The molecule has 0 amide bonds. The largest absolute Gasteiger partial charge is 0.468 e. The molecule has 0 bridgehead atoms. The molecule has 0 N–H and O–H groups in total. The highest BCUT2D eigenvalue weighted by atomic mass is 35.5. The number of ether oxygens (including phenoxy) is 2. The lowest BCUT2D eigenvalue weighted by Gasteiger charge is -2.32. The quantitative estimate of drug-likeness (QED) is 0.774. The number of carbonyl (C=O) groups excluding carboxylic acids is 1. The number of hydrogen-bond donors (Lipinski definition) is 0. The van der Waals surface area contributed by atoms with Crippen LogP contribution in [0.1, 0.15) is 0 Å². The van der Waals surface area contributed by atoms with Gasteiger partial charge in [0, 0.05) is 11.6 Å². The van der Waals surface area contributed by atoms with E-state index in [1.807, 2.05) is 0 Å². The second-order valence-corrected chi connectivity index (χ2v) is 6.51. The number of morpholine rings is 1. The molecule has 0 saturated carbocycles. The number of rotatable bonds is 3. The molecule has 8 heteroatoms. The maximum Gasteiger partial charge on any atom is 0.326 e. The van der Waals surface area contributed by atoms with Crippen molar-refractivity contribution in [2.24, 2.45) is 0 Å². The fourth-order valence-corrected chi connectivity index (χ4v) is 3.61. The van der Waals surface area contributed by atoms with Gasteiger partial charge in [0.15, 0.2) is 0 Å². The smallest absolute Gasteiger partial charge is 0.326 e. The van der Waals surface area contributed by atoms with E-state index in [4.69, 9.17) is 16.3 Å². The SMILES string of the molecule is COC(=O)C1COCCN1S(=O)(=O)c1ccc(Cl)cc1. The van der Waals surface area contributed by atoms with Crippen LogP contribution in [-0.4, -0.2) is 51.6 Å². The van der Waals surface area contributed by atoms with E-state index in [9.17, 15) is 13.2 Å². The first-order valence-corrected chi connectivity index (χ1v) is 7.71. The van der Waals surface area contributed by atoms with Crippen molar-refractivity contribution in [2.75, 3.05) is 26.9 Å². The van der Waals surface area contributed by atoms with Crippen molar-refractivity contribution < 1.29 is 22.7 Å². The molecular weight excluding hydrogens is 306 g/mol. The molecule has 110 valence electrons. The van der Waals surface area contributed by atoms with Gasteiger partial charge >= 0.3 is 5.97 Å². The summed E-state index contributed by atoms with van der Waals surface area (Å²) in [5.74, 6) is -0.637. The van der Waals surface area contributed by atoms with E-state index in [1.165, 1.54) is 31.4 Å². The van der Waals surface area contributed by atoms with Gasteiger partial charge < -0.3 is 9.47 Å². The Morgan fingerprint density at radius 2 is 2.05 bits per heavy atom. The molecule has 1 unspecified atom stereocenters. The summed E-state index contributed by atoms with van der Waals surface area (Å²) in [5, 5.41) is 0.440. The minimum Gasteiger partial charge on any atom is -0.468 e. The molecule has 0 aliphatic carbocycles. The predicted molar refractivity (Wildman–Crippen MR) is 72.0 cm³/mol. The summed E-state index contributed by atoms with van der Waals surface area (Å²) in [4.78, 5) is 11.8. The molecule has 1 fully saturated rings. The standard InChI is InChI=1S/C12H14ClNO5S/c1-18-12(15)11-8-19-7-6-14(11)20(16,17)10-4-2-9(13)3-5-10/h2-5,11H,6-8H2,1H3. The number of carbonyl (C=O) groups is 1. The number of sulfonamides is 1.